The van der Waals surface area contributed by atoms with Crippen LogP contribution in [0.15, 0.2) is 30.6 Å². The number of rotatable bonds is 4. The van der Waals surface area contributed by atoms with Gasteiger partial charge in [-0.05, 0) is 48.9 Å². The number of hydrogen-bond donors (Lipinski definition) is 1. The average molecular weight is 312 g/mol. The minimum Gasteiger partial charge on any atom is -0.341 e. The molecule has 0 bridgehead atoms. The highest BCUT2D eigenvalue weighted by Gasteiger charge is 2.22. The van der Waals surface area contributed by atoms with Gasteiger partial charge in [-0.1, -0.05) is 6.07 Å². The fourth-order valence-corrected chi connectivity index (χ4v) is 3.56. The van der Waals surface area contributed by atoms with Crippen molar-refractivity contribution in [3.63, 3.8) is 0 Å². The third-order valence-corrected chi connectivity index (χ3v) is 4.82. The van der Waals surface area contributed by atoms with Crippen molar-refractivity contribution in [1.82, 2.24) is 15.3 Å². The van der Waals surface area contributed by atoms with Gasteiger partial charge in [0.25, 0.3) is 0 Å². The number of hydrogen-bond acceptors (Lipinski definition) is 4. The van der Waals surface area contributed by atoms with E-state index >= 15 is 0 Å². The van der Waals surface area contributed by atoms with E-state index in [1.165, 1.54) is 18.4 Å². The molecule has 1 aromatic carbocycles. The molecule has 1 aromatic heterocycles. The zero-order chi connectivity index (χ0) is 15.6. The molecule has 0 spiro atoms. The van der Waals surface area contributed by atoms with E-state index in [0.29, 0.717) is 6.04 Å². The highest BCUT2D eigenvalue weighted by molar-refractivity contribution is 5.35. The van der Waals surface area contributed by atoms with Gasteiger partial charge < -0.3 is 10.2 Å². The molecule has 0 radical (unpaired) electrons. The van der Waals surface area contributed by atoms with Crippen molar-refractivity contribution in [2.24, 2.45) is 0 Å². The third-order valence-electron chi connectivity index (χ3n) is 4.82. The second-order valence-corrected chi connectivity index (χ2v) is 6.40. The van der Waals surface area contributed by atoms with Gasteiger partial charge in [-0.3, -0.25) is 0 Å². The highest BCUT2D eigenvalue weighted by Crippen LogP contribution is 2.31. The van der Waals surface area contributed by atoms with E-state index in [0.717, 1.165) is 49.6 Å². The third kappa shape index (κ3) is 3.06. The molecule has 2 heterocycles. The van der Waals surface area contributed by atoms with Crippen LogP contribution in [0.5, 0.6) is 0 Å². The average Bonchev–Trinajstić information content (AvgIpc) is 3.23. The van der Waals surface area contributed by atoms with Crippen LogP contribution < -0.4 is 10.2 Å². The molecule has 120 valence electrons. The van der Waals surface area contributed by atoms with Crippen LogP contribution in [0.4, 0.5) is 10.3 Å². The smallest absolute Gasteiger partial charge is 0.225 e. The molecule has 0 saturated carbocycles. The quantitative estimate of drug-likeness (QED) is 0.942. The SMILES string of the molecule is Fc1ccc2c(c1)CC[C@@H]2NCc1cnc(N2CCCC2)nc1. The summed E-state index contributed by atoms with van der Waals surface area (Å²) in [7, 11) is 0. The summed E-state index contributed by atoms with van der Waals surface area (Å²) in [6.07, 6.45) is 8.24. The van der Waals surface area contributed by atoms with Crippen LogP contribution in [-0.4, -0.2) is 23.1 Å². The second kappa shape index (κ2) is 6.24. The van der Waals surface area contributed by atoms with Crippen molar-refractivity contribution in [1.29, 1.82) is 0 Å². The largest absolute Gasteiger partial charge is 0.341 e. The second-order valence-electron chi connectivity index (χ2n) is 6.40. The first-order chi connectivity index (χ1) is 11.3. The molecular weight excluding hydrogens is 291 g/mol. The van der Waals surface area contributed by atoms with Gasteiger partial charge in [0.15, 0.2) is 0 Å². The first kappa shape index (κ1) is 14.6. The first-order valence-electron chi connectivity index (χ1n) is 8.37. The molecule has 1 fully saturated rings. The number of nitrogens with zero attached hydrogens (tertiary/aromatic N) is 3. The normalized spacial score (nSPS) is 20.0. The Bertz CT molecular complexity index is 680. The summed E-state index contributed by atoms with van der Waals surface area (Å²) in [4.78, 5) is 11.2. The van der Waals surface area contributed by atoms with Gasteiger partial charge in [0, 0.05) is 43.6 Å². The Morgan fingerprint density at radius 2 is 1.96 bits per heavy atom. The van der Waals surface area contributed by atoms with Gasteiger partial charge in [-0.25, -0.2) is 14.4 Å². The zero-order valence-electron chi connectivity index (χ0n) is 13.1. The van der Waals surface area contributed by atoms with Gasteiger partial charge in [0.2, 0.25) is 5.95 Å². The van der Waals surface area contributed by atoms with Crippen molar-refractivity contribution in [2.45, 2.75) is 38.3 Å². The Morgan fingerprint density at radius 1 is 1.17 bits per heavy atom. The van der Waals surface area contributed by atoms with Crippen LogP contribution in [0.1, 0.15) is 42.0 Å². The summed E-state index contributed by atoms with van der Waals surface area (Å²) in [5.74, 6) is 0.697. The zero-order valence-corrected chi connectivity index (χ0v) is 13.1. The predicted molar refractivity (Wildman–Crippen MR) is 87.8 cm³/mol. The summed E-state index contributed by atoms with van der Waals surface area (Å²) in [6, 6.07) is 5.41. The Morgan fingerprint density at radius 3 is 2.74 bits per heavy atom. The van der Waals surface area contributed by atoms with E-state index in [9.17, 15) is 4.39 Å². The molecule has 0 amide bonds. The number of fused-ring (bicyclic) bond motifs is 1. The topological polar surface area (TPSA) is 41.1 Å². The monoisotopic (exact) mass is 312 g/mol. The van der Waals surface area contributed by atoms with Gasteiger partial charge in [0.1, 0.15) is 5.82 Å². The van der Waals surface area contributed by atoms with E-state index in [1.807, 2.05) is 18.5 Å². The predicted octanol–water partition coefficient (Wildman–Crippen LogP) is 2.99. The van der Waals surface area contributed by atoms with E-state index in [1.54, 1.807) is 12.1 Å². The van der Waals surface area contributed by atoms with Crippen LogP contribution in [0.2, 0.25) is 0 Å². The molecule has 1 saturated heterocycles. The molecule has 1 aliphatic heterocycles. The Hall–Kier alpha value is -2.01. The lowest BCUT2D eigenvalue weighted by Crippen LogP contribution is -2.21. The number of nitrogens with one attached hydrogen (secondary N) is 1. The van der Waals surface area contributed by atoms with Crippen molar-refractivity contribution < 1.29 is 4.39 Å². The van der Waals surface area contributed by atoms with E-state index < -0.39 is 0 Å². The van der Waals surface area contributed by atoms with Crippen LogP contribution >= 0.6 is 0 Å². The standard InChI is InChI=1S/C18H21FN4/c19-15-4-5-16-14(9-15)3-6-17(16)20-10-13-11-21-18(22-12-13)23-7-1-2-8-23/h4-5,9,11-12,17,20H,1-3,6-8,10H2/t17-/m0/s1. The van der Waals surface area contributed by atoms with Gasteiger partial charge in [0.05, 0.1) is 0 Å². The number of aromatic nitrogens is 2. The first-order valence-corrected chi connectivity index (χ1v) is 8.37. The molecule has 1 N–H and O–H groups in total. The van der Waals surface area contributed by atoms with Crippen LogP contribution in [-0.2, 0) is 13.0 Å². The highest BCUT2D eigenvalue weighted by atomic mass is 19.1. The Kier molecular flexibility index (Phi) is 3.95. The Balaban J connectivity index is 1.38. The molecule has 0 unspecified atom stereocenters. The fourth-order valence-electron chi connectivity index (χ4n) is 3.56. The van der Waals surface area contributed by atoms with Crippen LogP contribution in [0.3, 0.4) is 0 Å². The lowest BCUT2D eigenvalue weighted by molar-refractivity contribution is 0.528. The maximum atomic E-state index is 13.3. The van der Waals surface area contributed by atoms with Crippen LogP contribution in [0, 0.1) is 5.82 Å². The summed E-state index contributed by atoms with van der Waals surface area (Å²) in [6.45, 7) is 2.86. The molecule has 5 heteroatoms. The van der Waals surface area contributed by atoms with Crippen molar-refractivity contribution in [3.05, 3.63) is 53.1 Å². The molecule has 4 nitrogen and oxygen atoms in total. The van der Waals surface area contributed by atoms with E-state index in [4.69, 9.17) is 0 Å². The van der Waals surface area contributed by atoms with Gasteiger partial charge >= 0.3 is 0 Å². The molecule has 2 aliphatic rings. The summed E-state index contributed by atoms with van der Waals surface area (Å²) in [5, 5.41) is 3.55. The van der Waals surface area contributed by atoms with Crippen molar-refractivity contribution in [2.75, 3.05) is 18.0 Å². The van der Waals surface area contributed by atoms with Crippen molar-refractivity contribution in [3.8, 4) is 0 Å². The van der Waals surface area contributed by atoms with E-state index in [2.05, 4.69) is 20.2 Å². The fraction of sp³-hybridized carbons (Fsp3) is 0.444. The lowest BCUT2D eigenvalue weighted by atomic mass is 10.1. The number of halogens is 1. The molecular formula is C18H21FN4. The number of anilines is 1. The minimum atomic E-state index is -0.143. The summed E-state index contributed by atoms with van der Waals surface area (Å²) in [5.41, 5.74) is 3.44. The molecule has 1 aliphatic carbocycles. The molecule has 1 atom stereocenters. The van der Waals surface area contributed by atoms with Crippen LogP contribution in [0.25, 0.3) is 0 Å². The van der Waals surface area contributed by atoms with E-state index in [-0.39, 0.29) is 5.82 Å². The molecule has 4 rings (SSSR count). The Labute approximate surface area is 135 Å². The summed E-state index contributed by atoms with van der Waals surface area (Å²) < 4.78 is 13.3. The number of aryl methyl sites for hydroxylation is 1. The maximum Gasteiger partial charge on any atom is 0.225 e. The summed E-state index contributed by atoms with van der Waals surface area (Å²) >= 11 is 0. The lowest BCUT2D eigenvalue weighted by Gasteiger charge is -2.16. The molecule has 23 heavy (non-hydrogen) atoms. The van der Waals surface area contributed by atoms with Gasteiger partial charge in [-0.15, -0.1) is 0 Å². The number of benzene rings is 1. The van der Waals surface area contributed by atoms with Crippen molar-refractivity contribution >= 4 is 5.95 Å². The minimum absolute atomic E-state index is 0.143. The maximum absolute atomic E-state index is 13.3. The van der Waals surface area contributed by atoms with Gasteiger partial charge in [-0.2, -0.15) is 0 Å². The molecule has 2 aromatic rings.